The Balaban J connectivity index is 2.31. The van der Waals surface area contributed by atoms with Crippen molar-refractivity contribution in [2.24, 2.45) is 5.92 Å². The van der Waals surface area contributed by atoms with Crippen LogP contribution < -0.4 is 4.90 Å². The van der Waals surface area contributed by atoms with Crippen molar-refractivity contribution in [1.82, 2.24) is 9.97 Å². The Hall–Kier alpha value is -0.830. The zero-order valence-corrected chi connectivity index (χ0v) is 11.0. The van der Waals surface area contributed by atoms with E-state index in [-0.39, 0.29) is 0 Å². The third-order valence-corrected chi connectivity index (χ3v) is 3.79. The van der Waals surface area contributed by atoms with Crippen LogP contribution in [0.5, 0.6) is 0 Å². The van der Waals surface area contributed by atoms with E-state index in [2.05, 4.69) is 28.8 Å². The molecule has 1 aliphatic rings. The lowest BCUT2D eigenvalue weighted by molar-refractivity contribution is 0.601. The van der Waals surface area contributed by atoms with Gasteiger partial charge in [0.2, 0.25) is 0 Å². The van der Waals surface area contributed by atoms with Gasteiger partial charge in [0.05, 0.1) is 0 Å². The van der Waals surface area contributed by atoms with E-state index in [1.807, 2.05) is 13.8 Å². The monoisotopic (exact) mass is 239 g/mol. The highest BCUT2D eigenvalue weighted by atomic mass is 35.5. The molecule has 0 aliphatic heterocycles. The second-order valence-electron chi connectivity index (χ2n) is 4.70. The van der Waals surface area contributed by atoms with Crippen LogP contribution in [0.25, 0.3) is 0 Å². The Morgan fingerprint density at radius 2 is 1.94 bits per heavy atom. The van der Waals surface area contributed by atoms with E-state index in [9.17, 15) is 0 Å². The minimum atomic E-state index is 0.532. The van der Waals surface area contributed by atoms with Crippen LogP contribution in [0, 0.1) is 19.8 Å². The third kappa shape index (κ3) is 2.14. The molecule has 0 radical (unpaired) electrons. The van der Waals surface area contributed by atoms with Crippen molar-refractivity contribution >= 4 is 17.4 Å². The van der Waals surface area contributed by atoms with E-state index in [0.717, 1.165) is 23.1 Å². The summed E-state index contributed by atoms with van der Waals surface area (Å²) in [6.07, 6.45) is 2.67. The van der Waals surface area contributed by atoms with Gasteiger partial charge in [0, 0.05) is 18.7 Å². The van der Waals surface area contributed by atoms with Crippen LogP contribution in [0.1, 0.15) is 31.2 Å². The maximum atomic E-state index is 6.09. The summed E-state index contributed by atoms with van der Waals surface area (Å²) < 4.78 is 0. The Kier molecular flexibility index (Phi) is 3.06. The van der Waals surface area contributed by atoms with Crippen molar-refractivity contribution < 1.29 is 0 Å². The lowest BCUT2D eigenvalue weighted by Crippen LogP contribution is -2.32. The molecule has 1 aromatic rings. The second-order valence-corrected chi connectivity index (χ2v) is 5.06. The van der Waals surface area contributed by atoms with Crippen molar-refractivity contribution in [2.75, 3.05) is 11.9 Å². The Labute approximate surface area is 102 Å². The van der Waals surface area contributed by atoms with E-state index >= 15 is 0 Å². The summed E-state index contributed by atoms with van der Waals surface area (Å²) in [7, 11) is 2.09. The van der Waals surface area contributed by atoms with Gasteiger partial charge in [-0.3, -0.25) is 0 Å². The van der Waals surface area contributed by atoms with Gasteiger partial charge in [0.25, 0.3) is 0 Å². The van der Waals surface area contributed by atoms with E-state index < -0.39 is 0 Å². The molecule has 0 spiro atoms. The molecule has 1 atom stereocenters. The molecule has 16 heavy (non-hydrogen) atoms. The number of nitrogens with zero attached hydrogens (tertiary/aromatic N) is 3. The Morgan fingerprint density at radius 3 is 2.50 bits per heavy atom. The summed E-state index contributed by atoms with van der Waals surface area (Å²) >= 11 is 6.09. The fourth-order valence-electron chi connectivity index (χ4n) is 2.01. The smallest absolute Gasteiger partial charge is 0.137 e. The minimum Gasteiger partial charge on any atom is -0.356 e. The van der Waals surface area contributed by atoms with E-state index in [1.165, 1.54) is 12.8 Å². The number of rotatable bonds is 3. The topological polar surface area (TPSA) is 29.0 Å². The van der Waals surface area contributed by atoms with E-state index in [1.54, 1.807) is 0 Å². The van der Waals surface area contributed by atoms with Gasteiger partial charge in [-0.2, -0.15) is 0 Å². The average molecular weight is 240 g/mol. The van der Waals surface area contributed by atoms with Crippen LogP contribution in [0.3, 0.4) is 0 Å². The quantitative estimate of drug-likeness (QED) is 0.760. The molecule has 2 rings (SSSR count). The first-order chi connectivity index (χ1) is 7.50. The van der Waals surface area contributed by atoms with Crippen LogP contribution in [-0.4, -0.2) is 23.1 Å². The number of hydrogen-bond donors (Lipinski definition) is 0. The molecule has 1 saturated carbocycles. The summed E-state index contributed by atoms with van der Waals surface area (Å²) in [5.74, 6) is 2.52. The van der Waals surface area contributed by atoms with Gasteiger partial charge in [-0.15, -0.1) is 0 Å². The van der Waals surface area contributed by atoms with Crippen LogP contribution in [0.2, 0.25) is 5.15 Å². The Bertz CT molecular complexity index is 401. The van der Waals surface area contributed by atoms with Crippen molar-refractivity contribution in [3.8, 4) is 0 Å². The summed E-state index contributed by atoms with van der Waals surface area (Å²) in [6.45, 7) is 6.11. The molecule has 1 aliphatic carbocycles. The van der Waals surface area contributed by atoms with Gasteiger partial charge < -0.3 is 4.90 Å². The summed E-state index contributed by atoms with van der Waals surface area (Å²) in [4.78, 5) is 10.9. The molecule has 1 unspecified atom stereocenters. The van der Waals surface area contributed by atoms with Crippen LogP contribution >= 0.6 is 11.6 Å². The molecule has 4 heteroatoms. The number of halogens is 1. The zero-order chi connectivity index (χ0) is 11.9. The zero-order valence-electron chi connectivity index (χ0n) is 10.3. The maximum absolute atomic E-state index is 6.09. The first-order valence-electron chi connectivity index (χ1n) is 5.74. The van der Waals surface area contributed by atoms with Gasteiger partial charge in [0.1, 0.15) is 16.8 Å². The predicted molar refractivity (Wildman–Crippen MR) is 67.1 cm³/mol. The SMILES string of the molecule is Cc1nc(Cl)c(C)c(N(C)C(C)C2CC2)n1. The average Bonchev–Trinajstić information content (AvgIpc) is 3.05. The molecule has 1 heterocycles. The predicted octanol–water partition coefficient (Wildman–Crippen LogP) is 2.98. The van der Waals surface area contributed by atoms with Gasteiger partial charge in [0.15, 0.2) is 0 Å². The van der Waals surface area contributed by atoms with Gasteiger partial charge >= 0.3 is 0 Å². The highest BCUT2D eigenvalue weighted by Crippen LogP contribution is 2.36. The summed E-state index contributed by atoms with van der Waals surface area (Å²) in [6, 6.07) is 0.532. The minimum absolute atomic E-state index is 0.532. The van der Waals surface area contributed by atoms with E-state index in [0.29, 0.717) is 11.2 Å². The Morgan fingerprint density at radius 1 is 1.31 bits per heavy atom. The highest BCUT2D eigenvalue weighted by Gasteiger charge is 2.31. The second kappa shape index (κ2) is 4.21. The first kappa shape index (κ1) is 11.6. The van der Waals surface area contributed by atoms with Crippen LogP contribution in [0.4, 0.5) is 5.82 Å². The molecule has 3 nitrogen and oxygen atoms in total. The molecule has 0 bridgehead atoms. The molecule has 1 fully saturated rings. The van der Waals surface area contributed by atoms with E-state index in [4.69, 9.17) is 11.6 Å². The highest BCUT2D eigenvalue weighted by molar-refractivity contribution is 6.30. The van der Waals surface area contributed by atoms with Crippen molar-refractivity contribution in [3.05, 3.63) is 16.5 Å². The van der Waals surface area contributed by atoms with Crippen LogP contribution in [0.15, 0.2) is 0 Å². The molecule has 0 N–H and O–H groups in total. The molecular formula is C12H18ClN3. The molecule has 0 aromatic carbocycles. The molecule has 0 amide bonds. The molecule has 1 aromatic heterocycles. The van der Waals surface area contributed by atoms with Gasteiger partial charge in [-0.1, -0.05) is 11.6 Å². The van der Waals surface area contributed by atoms with Gasteiger partial charge in [-0.05, 0) is 39.5 Å². The van der Waals surface area contributed by atoms with Gasteiger partial charge in [-0.25, -0.2) is 9.97 Å². The lowest BCUT2D eigenvalue weighted by Gasteiger charge is -2.27. The number of anilines is 1. The number of hydrogen-bond acceptors (Lipinski definition) is 3. The van der Waals surface area contributed by atoms with Crippen LogP contribution in [-0.2, 0) is 0 Å². The van der Waals surface area contributed by atoms with Crippen molar-refractivity contribution in [1.29, 1.82) is 0 Å². The van der Waals surface area contributed by atoms with Crippen molar-refractivity contribution in [2.45, 2.75) is 39.7 Å². The number of aryl methyl sites for hydroxylation is 1. The van der Waals surface area contributed by atoms with Crippen molar-refractivity contribution in [3.63, 3.8) is 0 Å². The molecule has 0 saturated heterocycles. The third-order valence-electron chi connectivity index (χ3n) is 3.42. The first-order valence-corrected chi connectivity index (χ1v) is 6.12. The molecule has 88 valence electrons. The standard InChI is InChI=1S/C12H18ClN3/c1-7-11(13)14-9(3)15-12(7)16(4)8(2)10-5-6-10/h8,10H,5-6H2,1-4H3. The lowest BCUT2D eigenvalue weighted by atomic mass is 10.2. The summed E-state index contributed by atoms with van der Waals surface area (Å²) in [5.41, 5.74) is 0.974. The summed E-state index contributed by atoms with van der Waals surface area (Å²) in [5, 5.41) is 0.567. The number of aromatic nitrogens is 2. The fourth-order valence-corrected chi connectivity index (χ4v) is 2.22. The fraction of sp³-hybridized carbons (Fsp3) is 0.667. The normalized spacial score (nSPS) is 17.3. The largest absolute Gasteiger partial charge is 0.356 e. The maximum Gasteiger partial charge on any atom is 0.137 e. The molecular weight excluding hydrogens is 222 g/mol.